The second kappa shape index (κ2) is 16.2. The van der Waals surface area contributed by atoms with E-state index in [-0.39, 0.29) is 47.9 Å². The summed E-state index contributed by atoms with van der Waals surface area (Å²) in [6, 6.07) is 20.4. The zero-order chi connectivity index (χ0) is 35.4. The zero-order valence-corrected chi connectivity index (χ0v) is 33.9. The molecule has 0 aliphatic rings. The van der Waals surface area contributed by atoms with Crippen molar-refractivity contribution in [3.05, 3.63) is 89.3 Å². The minimum absolute atomic E-state index is 0. The Balaban J connectivity index is 0.000000312. The van der Waals surface area contributed by atoms with E-state index in [9.17, 15) is 9.90 Å². The van der Waals surface area contributed by atoms with Gasteiger partial charge in [-0.15, -0.1) is 29.1 Å². The van der Waals surface area contributed by atoms with Crippen LogP contribution >= 0.6 is 12.6 Å². The Labute approximate surface area is 311 Å². The quantitative estimate of drug-likeness (QED) is 0.0668. The van der Waals surface area contributed by atoms with Crippen molar-refractivity contribution in [3.8, 4) is 11.3 Å². The van der Waals surface area contributed by atoms with Crippen molar-refractivity contribution in [1.82, 2.24) is 9.97 Å². The molecule has 5 nitrogen and oxygen atoms in total. The summed E-state index contributed by atoms with van der Waals surface area (Å²) in [6.07, 6.45) is 6.32. The Kier molecular flexibility index (Phi) is 13.3. The third kappa shape index (κ3) is 8.39. The summed E-state index contributed by atoms with van der Waals surface area (Å²) in [5.41, 5.74) is 5.98. The van der Waals surface area contributed by atoms with E-state index in [4.69, 9.17) is 4.42 Å². The molecule has 3 aromatic carbocycles. The number of carbonyl (C=O) groups is 1. The van der Waals surface area contributed by atoms with Crippen LogP contribution in [0.1, 0.15) is 106 Å². The maximum absolute atomic E-state index is 12.2. The molecule has 2 heterocycles. The molecule has 5 rings (SSSR count). The van der Waals surface area contributed by atoms with Gasteiger partial charge < -0.3 is 9.52 Å². The first-order valence-electron chi connectivity index (χ1n) is 17.1. The molecule has 0 saturated carbocycles. The van der Waals surface area contributed by atoms with Gasteiger partial charge in [0.1, 0.15) is 17.7 Å². The molecule has 1 N–H and O–H groups in total. The number of rotatable bonds is 9. The summed E-state index contributed by atoms with van der Waals surface area (Å²) in [5, 5.41) is 16.2. The molecule has 0 aliphatic carbocycles. The van der Waals surface area contributed by atoms with Crippen molar-refractivity contribution in [2.24, 2.45) is 10.8 Å². The molecule has 0 aliphatic heterocycles. The maximum atomic E-state index is 12.2. The van der Waals surface area contributed by atoms with Crippen LogP contribution < -0.4 is 0 Å². The van der Waals surface area contributed by atoms with Crippen LogP contribution in [0, 0.1) is 16.9 Å². The fourth-order valence-electron chi connectivity index (χ4n) is 5.79. The second-order valence-electron chi connectivity index (χ2n) is 14.3. The number of fused-ring (bicyclic) bond motifs is 4. The van der Waals surface area contributed by atoms with Gasteiger partial charge in [-0.25, -0.2) is 4.98 Å². The van der Waals surface area contributed by atoms with E-state index >= 15 is 0 Å². The van der Waals surface area contributed by atoms with Crippen molar-refractivity contribution in [2.75, 3.05) is 0 Å². The van der Waals surface area contributed by atoms with Crippen molar-refractivity contribution >= 4 is 56.8 Å². The number of aliphatic hydroxyl groups is 1. The number of aliphatic hydroxyl groups excluding tert-OH is 1. The number of hydrogen-bond donors (Lipinski definition) is 2. The number of thiol groups is 1. The van der Waals surface area contributed by atoms with E-state index < -0.39 is 0 Å². The van der Waals surface area contributed by atoms with Gasteiger partial charge in [0, 0.05) is 53.5 Å². The molecule has 263 valence electrons. The number of hydrogen-bond acceptors (Lipinski definition) is 6. The van der Waals surface area contributed by atoms with Crippen LogP contribution in [0.2, 0.25) is 0 Å². The Hall–Kier alpha value is -3.25. The Morgan fingerprint density at radius 3 is 2.12 bits per heavy atom. The van der Waals surface area contributed by atoms with Crippen LogP contribution in [-0.4, -0.2) is 20.9 Å². The zero-order valence-electron chi connectivity index (χ0n) is 30.6. The Bertz CT molecular complexity index is 1990. The Morgan fingerprint density at radius 2 is 1.53 bits per heavy atom. The molecule has 2 aromatic heterocycles. The number of nitrogens with zero attached hydrogens (tertiary/aromatic N) is 2. The number of carbonyl (C=O) groups excluding carboxylic acids is 1. The van der Waals surface area contributed by atoms with Crippen molar-refractivity contribution in [3.63, 3.8) is 0 Å². The van der Waals surface area contributed by atoms with Gasteiger partial charge in [-0.3, -0.25) is 9.78 Å². The van der Waals surface area contributed by atoms with Gasteiger partial charge in [0.2, 0.25) is 5.71 Å². The summed E-state index contributed by atoms with van der Waals surface area (Å²) in [4.78, 5) is 21.3. The van der Waals surface area contributed by atoms with E-state index in [1.165, 1.54) is 17.0 Å². The minimum Gasteiger partial charge on any atom is -0.512 e. The van der Waals surface area contributed by atoms with Gasteiger partial charge in [0.15, 0.2) is 5.78 Å². The van der Waals surface area contributed by atoms with Crippen LogP contribution in [0.4, 0.5) is 0 Å². The molecule has 0 unspecified atom stereocenters. The molecule has 0 bridgehead atoms. The summed E-state index contributed by atoms with van der Waals surface area (Å²) in [7, 11) is 0. The van der Waals surface area contributed by atoms with E-state index in [1.54, 1.807) is 11.7 Å². The van der Waals surface area contributed by atoms with Crippen molar-refractivity contribution in [2.45, 2.75) is 100 Å². The van der Waals surface area contributed by atoms with Crippen LogP contribution in [0.25, 0.3) is 49.7 Å². The van der Waals surface area contributed by atoms with Gasteiger partial charge in [0.25, 0.3) is 0 Å². The van der Waals surface area contributed by atoms with E-state index in [0.717, 1.165) is 69.8 Å². The van der Waals surface area contributed by atoms with E-state index in [2.05, 4.69) is 91.9 Å². The normalized spacial score (nSPS) is 13.0. The monoisotopic (exact) mass is 856 g/mol. The number of furan rings is 1. The average molecular weight is 856 g/mol. The standard InChI is InChI=1S/C27H23N2OS.C15H28O2.Ir/c1-16(14-31)17-9-10-21-23(13-17)30-26-24(21)25(28-15-29-26)19-11-18-7-5-6-8-20(18)22(12-19)27(2,3)4;1-7-14(5,8-2)12(16)11-13(17)15(6,9-3)10-4;/h5-10,12-15,31H,1-4H3;11,16H,7-10H2,1-6H3;/q-1;;/b16-14-;12-11-;. The van der Waals surface area contributed by atoms with Crippen molar-refractivity contribution < 1.29 is 34.4 Å². The van der Waals surface area contributed by atoms with Gasteiger partial charge >= 0.3 is 0 Å². The molecule has 7 heteroatoms. The number of aromatic nitrogens is 2. The largest absolute Gasteiger partial charge is 0.512 e. The van der Waals surface area contributed by atoms with Crippen LogP contribution in [-0.2, 0) is 30.3 Å². The molecule has 0 amide bonds. The fourth-order valence-corrected chi connectivity index (χ4v) is 5.94. The van der Waals surface area contributed by atoms with Gasteiger partial charge in [-0.2, -0.15) is 12.6 Å². The third-order valence-corrected chi connectivity index (χ3v) is 10.7. The first-order valence-corrected chi connectivity index (χ1v) is 17.6. The van der Waals surface area contributed by atoms with Gasteiger partial charge in [-0.1, -0.05) is 104 Å². The molecule has 0 atom stereocenters. The summed E-state index contributed by atoms with van der Waals surface area (Å²) in [6.45, 7) is 20.8. The number of ketones is 1. The van der Waals surface area contributed by atoms with Crippen LogP contribution in [0.3, 0.4) is 0 Å². The van der Waals surface area contributed by atoms with Crippen LogP contribution in [0.5, 0.6) is 0 Å². The maximum Gasteiger partial charge on any atom is 0.223 e. The molecule has 49 heavy (non-hydrogen) atoms. The molecule has 1 radical (unpaired) electrons. The SMILES string of the molecule is C/C(=C/S)c1ccc2c(c1)oc1ncnc(-c3[c-]c4ccccc4c(C(C)(C)C)c3)c12.CCC(C)(CC)C(=O)/C=C(\O)C(C)(CC)CC.[Ir]. The minimum atomic E-state index is -0.337. The topological polar surface area (TPSA) is 76.2 Å². The second-order valence-corrected chi connectivity index (χ2v) is 14.6. The molecular weight excluding hydrogens is 805 g/mol. The molecule has 0 fully saturated rings. The smallest absolute Gasteiger partial charge is 0.223 e. The average Bonchev–Trinajstić information content (AvgIpc) is 3.48. The fraction of sp³-hybridized carbons (Fsp3) is 0.405. The van der Waals surface area contributed by atoms with E-state index in [0.29, 0.717) is 5.71 Å². The summed E-state index contributed by atoms with van der Waals surface area (Å²) in [5.74, 6) is 0.286. The number of allylic oxidation sites excluding steroid dienone is 3. The first-order chi connectivity index (χ1) is 22.7. The van der Waals surface area contributed by atoms with Gasteiger partial charge in [0.05, 0.1) is 0 Å². The van der Waals surface area contributed by atoms with Crippen LogP contribution in [0.15, 0.2) is 76.5 Å². The molecule has 5 aromatic rings. The summed E-state index contributed by atoms with van der Waals surface area (Å²) < 4.78 is 6.12. The number of benzene rings is 3. The third-order valence-electron chi connectivity index (χ3n) is 10.4. The Morgan fingerprint density at radius 1 is 0.898 bits per heavy atom. The molecule has 0 spiro atoms. The molecular formula is C42H51IrN2O3S-. The van der Waals surface area contributed by atoms with E-state index in [1.807, 2.05) is 54.5 Å². The predicted molar refractivity (Wildman–Crippen MR) is 206 cm³/mol. The van der Waals surface area contributed by atoms with Gasteiger partial charge in [-0.05, 0) is 60.6 Å². The first kappa shape index (κ1) is 40.2. The summed E-state index contributed by atoms with van der Waals surface area (Å²) >= 11 is 4.28. The van der Waals surface area contributed by atoms with Crippen molar-refractivity contribution in [1.29, 1.82) is 0 Å². The molecule has 0 saturated heterocycles. The predicted octanol–water partition coefficient (Wildman–Crippen LogP) is 12.2.